The van der Waals surface area contributed by atoms with E-state index >= 15 is 0 Å². The fourth-order valence-electron chi connectivity index (χ4n) is 5.45. The number of hydrogen-bond donors (Lipinski definition) is 1. The van der Waals surface area contributed by atoms with Crippen LogP contribution in [0, 0.1) is 23.7 Å². The summed E-state index contributed by atoms with van der Waals surface area (Å²) >= 11 is 4.03. The van der Waals surface area contributed by atoms with E-state index in [1.165, 1.54) is 46.5 Å². The number of halogens is 1. The SMILES string of the molecule is OC1(c2[se][n+]3ccccc3c2Br)C2CC3CC(C2)CC1C3. The Balaban J connectivity index is 1.69. The van der Waals surface area contributed by atoms with Gasteiger partial charge < -0.3 is 0 Å². The van der Waals surface area contributed by atoms with Crippen LogP contribution in [0.25, 0.3) is 5.52 Å². The number of aliphatic hydroxyl groups is 1. The average molecular weight is 412 g/mol. The third-order valence-electron chi connectivity index (χ3n) is 6.18. The summed E-state index contributed by atoms with van der Waals surface area (Å²) in [6, 6.07) is 6.35. The maximum atomic E-state index is 11.7. The second kappa shape index (κ2) is 4.44. The molecule has 2 nitrogen and oxygen atoms in total. The second-order valence-electron chi connectivity index (χ2n) is 7.28. The summed E-state index contributed by atoms with van der Waals surface area (Å²) < 4.78 is 4.82. The van der Waals surface area contributed by atoms with Crippen LogP contribution in [0.15, 0.2) is 28.9 Å². The number of pyridine rings is 1. The standard InChI is InChI=1S/C17H19BrNOSe/c18-15-14-3-1-2-4-19(14)21-16(15)17(20)12-6-10-5-11(8-12)9-13(17)7-10/h1-4,10-13,20H,5-9H2/q+1. The van der Waals surface area contributed by atoms with Gasteiger partial charge in [-0.3, -0.25) is 0 Å². The van der Waals surface area contributed by atoms with Crippen molar-refractivity contribution in [1.29, 1.82) is 0 Å². The Hall–Kier alpha value is -0.151. The Morgan fingerprint density at radius 2 is 1.76 bits per heavy atom. The molecule has 4 bridgehead atoms. The van der Waals surface area contributed by atoms with Crippen molar-refractivity contribution in [2.45, 2.75) is 37.7 Å². The Kier molecular flexibility index (Phi) is 2.81. The Bertz CT molecular complexity index is 697. The van der Waals surface area contributed by atoms with E-state index in [9.17, 15) is 5.11 Å². The third-order valence-corrected chi connectivity index (χ3v) is 10.2. The van der Waals surface area contributed by atoms with Gasteiger partial charge in [-0.2, -0.15) is 0 Å². The molecule has 6 rings (SSSR count). The molecule has 110 valence electrons. The van der Waals surface area contributed by atoms with E-state index in [4.69, 9.17) is 0 Å². The molecule has 0 saturated heterocycles. The molecular weight excluding hydrogens is 393 g/mol. The van der Waals surface area contributed by atoms with Gasteiger partial charge in [-0.25, -0.2) is 0 Å². The summed E-state index contributed by atoms with van der Waals surface area (Å²) in [7, 11) is 0. The van der Waals surface area contributed by atoms with E-state index in [1.54, 1.807) is 0 Å². The molecule has 0 spiro atoms. The molecule has 0 aromatic carbocycles. The van der Waals surface area contributed by atoms with Crippen molar-refractivity contribution in [2.75, 3.05) is 0 Å². The van der Waals surface area contributed by atoms with Gasteiger partial charge in [0, 0.05) is 0 Å². The zero-order chi connectivity index (χ0) is 14.2. The molecule has 21 heavy (non-hydrogen) atoms. The van der Waals surface area contributed by atoms with Crippen LogP contribution in [0.5, 0.6) is 0 Å². The van der Waals surface area contributed by atoms with Crippen LogP contribution in [0.1, 0.15) is 36.5 Å². The summed E-state index contributed by atoms with van der Waals surface area (Å²) in [6.45, 7) is 0. The van der Waals surface area contributed by atoms with Crippen LogP contribution in [-0.2, 0) is 5.60 Å². The van der Waals surface area contributed by atoms with Crippen LogP contribution in [0.2, 0.25) is 0 Å². The summed E-state index contributed by atoms with van der Waals surface area (Å²) in [5.74, 6) is 2.81. The third kappa shape index (κ3) is 1.71. The maximum absolute atomic E-state index is 11.7. The predicted octanol–water partition coefficient (Wildman–Crippen LogP) is 2.89. The van der Waals surface area contributed by atoms with Gasteiger partial charge in [0.15, 0.2) is 0 Å². The number of aromatic nitrogens is 1. The van der Waals surface area contributed by atoms with Crippen molar-refractivity contribution in [1.82, 2.24) is 0 Å². The van der Waals surface area contributed by atoms with Crippen molar-refractivity contribution in [3.63, 3.8) is 0 Å². The van der Waals surface area contributed by atoms with Crippen molar-refractivity contribution in [2.24, 2.45) is 23.7 Å². The molecule has 4 fully saturated rings. The first-order valence-electron chi connectivity index (χ1n) is 7.98. The van der Waals surface area contributed by atoms with Gasteiger partial charge in [0.05, 0.1) is 0 Å². The van der Waals surface area contributed by atoms with Gasteiger partial charge in [-0.1, -0.05) is 0 Å². The van der Waals surface area contributed by atoms with Crippen molar-refractivity contribution in [3.05, 3.63) is 33.3 Å². The summed E-state index contributed by atoms with van der Waals surface area (Å²) in [4.78, 5) is 0. The van der Waals surface area contributed by atoms with E-state index < -0.39 is 5.60 Å². The Morgan fingerprint density at radius 3 is 2.38 bits per heavy atom. The molecule has 0 atom stereocenters. The van der Waals surface area contributed by atoms with Crippen LogP contribution in [0.3, 0.4) is 0 Å². The minimum absolute atomic E-state index is 0.208. The van der Waals surface area contributed by atoms with Gasteiger partial charge in [0.25, 0.3) is 0 Å². The average Bonchev–Trinajstić information content (AvgIpc) is 2.82. The van der Waals surface area contributed by atoms with Crippen LogP contribution >= 0.6 is 15.9 Å². The summed E-state index contributed by atoms with van der Waals surface area (Å²) in [6.07, 6.45) is 8.61. The van der Waals surface area contributed by atoms with Gasteiger partial charge in [0.2, 0.25) is 0 Å². The molecule has 2 aromatic heterocycles. The van der Waals surface area contributed by atoms with Crippen LogP contribution < -0.4 is 3.40 Å². The van der Waals surface area contributed by atoms with E-state index in [2.05, 4.69) is 43.7 Å². The molecule has 0 amide bonds. The molecule has 1 N–H and O–H groups in total. The van der Waals surface area contributed by atoms with Gasteiger partial charge >= 0.3 is 139 Å². The zero-order valence-corrected chi connectivity index (χ0v) is 15.1. The zero-order valence-electron chi connectivity index (χ0n) is 11.8. The number of hydrogen-bond acceptors (Lipinski definition) is 1. The quantitative estimate of drug-likeness (QED) is 0.716. The van der Waals surface area contributed by atoms with Gasteiger partial charge in [-0.05, 0) is 0 Å². The summed E-state index contributed by atoms with van der Waals surface area (Å²) in [5, 5.41) is 11.7. The minimum atomic E-state index is -0.529. The topological polar surface area (TPSA) is 24.3 Å². The van der Waals surface area contributed by atoms with Crippen molar-refractivity contribution < 1.29 is 8.50 Å². The molecule has 0 unspecified atom stereocenters. The number of fused-ring (bicyclic) bond motifs is 1. The monoisotopic (exact) mass is 412 g/mol. The molecule has 4 aliphatic rings. The van der Waals surface area contributed by atoms with E-state index in [0.29, 0.717) is 11.8 Å². The number of nitrogens with zero attached hydrogens (tertiary/aromatic N) is 1. The van der Waals surface area contributed by atoms with E-state index in [-0.39, 0.29) is 14.7 Å². The Labute approximate surface area is 139 Å². The molecule has 4 saturated carbocycles. The molecular formula is C17H19BrNOSe+. The normalized spacial score (nSPS) is 41.0. The first-order chi connectivity index (χ1) is 10.2. The van der Waals surface area contributed by atoms with E-state index in [0.717, 1.165) is 11.8 Å². The molecule has 2 heterocycles. The van der Waals surface area contributed by atoms with E-state index in [1.807, 2.05) is 0 Å². The molecule has 2 aromatic rings. The van der Waals surface area contributed by atoms with Crippen molar-refractivity contribution in [3.8, 4) is 0 Å². The predicted molar refractivity (Wildman–Crippen MR) is 85.2 cm³/mol. The molecule has 4 aliphatic carbocycles. The Morgan fingerprint density at radius 1 is 1.10 bits per heavy atom. The number of rotatable bonds is 1. The summed E-state index contributed by atoms with van der Waals surface area (Å²) in [5.41, 5.74) is 0.716. The molecule has 4 heteroatoms. The first kappa shape index (κ1) is 13.3. The van der Waals surface area contributed by atoms with Crippen LogP contribution in [-0.4, -0.2) is 19.8 Å². The van der Waals surface area contributed by atoms with Gasteiger partial charge in [-0.15, -0.1) is 0 Å². The molecule has 0 radical (unpaired) electrons. The second-order valence-corrected chi connectivity index (χ2v) is 10.1. The fraction of sp³-hybridized carbons (Fsp3) is 0.588. The first-order valence-corrected chi connectivity index (χ1v) is 10.4. The van der Waals surface area contributed by atoms with Gasteiger partial charge in [0.1, 0.15) is 0 Å². The molecule has 0 aliphatic heterocycles. The van der Waals surface area contributed by atoms with Crippen molar-refractivity contribution >= 4 is 36.2 Å². The fourth-order valence-corrected chi connectivity index (χ4v) is 9.34. The van der Waals surface area contributed by atoms with Crippen LogP contribution in [0.4, 0.5) is 0 Å².